The van der Waals surface area contributed by atoms with Gasteiger partial charge in [-0.1, -0.05) is 18.2 Å². The van der Waals surface area contributed by atoms with Crippen LogP contribution in [0.4, 0.5) is 8.78 Å². The minimum Gasteiger partial charge on any atom is -0.457 e. The van der Waals surface area contributed by atoms with Crippen LogP contribution in [0, 0.1) is 11.6 Å². The predicted octanol–water partition coefficient (Wildman–Crippen LogP) is 4.36. The Morgan fingerprint density at radius 1 is 1.10 bits per heavy atom. The summed E-state index contributed by atoms with van der Waals surface area (Å²) < 4.78 is 31.5. The van der Waals surface area contributed by atoms with Crippen molar-refractivity contribution in [2.24, 2.45) is 0 Å². The average molecular weight is 274 g/mol. The van der Waals surface area contributed by atoms with E-state index in [0.29, 0.717) is 11.3 Å². The van der Waals surface area contributed by atoms with E-state index in [9.17, 15) is 13.6 Å². The van der Waals surface area contributed by atoms with Crippen molar-refractivity contribution in [3.05, 3.63) is 65.7 Å². The van der Waals surface area contributed by atoms with Crippen molar-refractivity contribution >= 4 is 11.9 Å². The number of carbonyl (C=O) groups is 1. The van der Waals surface area contributed by atoms with E-state index in [1.54, 1.807) is 30.3 Å². The molecule has 0 bridgehead atoms. The smallest absolute Gasteiger partial charge is 0.162 e. The van der Waals surface area contributed by atoms with E-state index in [0.717, 1.165) is 12.1 Å². The topological polar surface area (TPSA) is 26.3 Å². The third-order valence-electron chi connectivity index (χ3n) is 2.54. The number of hydrogen-bond acceptors (Lipinski definition) is 2. The number of carbonyl (C=O) groups excluding carboxylic acids is 1. The van der Waals surface area contributed by atoms with Gasteiger partial charge in [0.05, 0.1) is 0 Å². The van der Waals surface area contributed by atoms with Crippen molar-refractivity contribution in [3.8, 4) is 11.5 Å². The first-order valence-corrected chi connectivity index (χ1v) is 5.97. The SMILES string of the molecule is CC(=O)/C=C/c1ccccc1Oc1ccc(F)c(F)c1. The van der Waals surface area contributed by atoms with Crippen molar-refractivity contribution < 1.29 is 18.3 Å². The zero-order chi connectivity index (χ0) is 14.5. The molecule has 0 radical (unpaired) electrons. The number of ether oxygens (including phenoxy) is 1. The van der Waals surface area contributed by atoms with Gasteiger partial charge in [-0.05, 0) is 37.3 Å². The van der Waals surface area contributed by atoms with Crippen LogP contribution in [0.1, 0.15) is 12.5 Å². The molecule has 0 aromatic heterocycles. The van der Waals surface area contributed by atoms with Crippen molar-refractivity contribution in [2.75, 3.05) is 0 Å². The van der Waals surface area contributed by atoms with Gasteiger partial charge in [-0.15, -0.1) is 0 Å². The quantitative estimate of drug-likeness (QED) is 0.774. The molecular formula is C16H12F2O2. The standard InChI is InChI=1S/C16H12F2O2/c1-11(19)6-7-12-4-2-3-5-16(12)20-13-8-9-14(17)15(18)10-13/h2-10H,1H3/b7-6+. The number of para-hydroxylation sites is 1. The molecule has 102 valence electrons. The van der Waals surface area contributed by atoms with E-state index in [1.807, 2.05) is 0 Å². The molecule has 0 aliphatic heterocycles. The Hall–Kier alpha value is -2.49. The van der Waals surface area contributed by atoms with Crippen LogP contribution < -0.4 is 4.74 Å². The lowest BCUT2D eigenvalue weighted by Gasteiger charge is -2.08. The van der Waals surface area contributed by atoms with Crippen LogP contribution in [-0.2, 0) is 4.79 Å². The Bertz CT molecular complexity index is 663. The number of benzene rings is 2. The second-order valence-electron chi connectivity index (χ2n) is 4.16. The summed E-state index contributed by atoms with van der Waals surface area (Å²) in [4.78, 5) is 10.9. The van der Waals surface area contributed by atoms with Crippen LogP contribution in [0.3, 0.4) is 0 Å². The van der Waals surface area contributed by atoms with Crippen molar-refractivity contribution in [1.82, 2.24) is 0 Å². The monoisotopic (exact) mass is 274 g/mol. The Balaban J connectivity index is 2.29. The molecule has 2 rings (SSSR count). The first-order valence-electron chi connectivity index (χ1n) is 5.97. The highest BCUT2D eigenvalue weighted by molar-refractivity contribution is 5.91. The Morgan fingerprint density at radius 3 is 2.55 bits per heavy atom. The van der Waals surface area contributed by atoms with Gasteiger partial charge in [0.25, 0.3) is 0 Å². The van der Waals surface area contributed by atoms with Crippen LogP contribution in [-0.4, -0.2) is 5.78 Å². The average Bonchev–Trinajstić information content (AvgIpc) is 2.42. The maximum Gasteiger partial charge on any atom is 0.162 e. The molecular weight excluding hydrogens is 262 g/mol. The molecule has 0 amide bonds. The highest BCUT2D eigenvalue weighted by atomic mass is 19.2. The van der Waals surface area contributed by atoms with E-state index in [-0.39, 0.29) is 11.5 Å². The lowest BCUT2D eigenvalue weighted by Crippen LogP contribution is -1.90. The summed E-state index contributed by atoms with van der Waals surface area (Å²) in [5.41, 5.74) is 0.674. The van der Waals surface area contributed by atoms with E-state index < -0.39 is 11.6 Å². The molecule has 0 N–H and O–H groups in total. The van der Waals surface area contributed by atoms with Gasteiger partial charge in [0.15, 0.2) is 17.4 Å². The summed E-state index contributed by atoms with van der Waals surface area (Å²) >= 11 is 0. The lowest BCUT2D eigenvalue weighted by molar-refractivity contribution is -0.112. The molecule has 0 aliphatic rings. The summed E-state index contributed by atoms with van der Waals surface area (Å²) in [7, 11) is 0. The van der Waals surface area contributed by atoms with Gasteiger partial charge in [-0.2, -0.15) is 0 Å². The number of hydrogen-bond donors (Lipinski definition) is 0. The van der Waals surface area contributed by atoms with E-state index in [1.165, 1.54) is 19.1 Å². The van der Waals surface area contributed by atoms with Gasteiger partial charge in [-0.3, -0.25) is 4.79 Å². The van der Waals surface area contributed by atoms with Gasteiger partial charge in [-0.25, -0.2) is 8.78 Å². The molecule has 4 heteroatoms. The lowest BCUT2D eigenvalue weighted by atomic mass is 10.1. The molecule has 0 fully saturated rings. The van der Waals surface area contributed by atoms with E-state index >= 15 is 0 Å². The fraction of sp³-hybridized carbons (Fsp3) is 0.0625. The van der Waals surface area contributed by atoms with Gasteiger partial charge >= 0.3 is 0 Å². The Morgan fingerprint density at radius 2 is 1.85 bits per heavy atom. The van der Waals surface area contributed by atoms with Crippen molar-refractivity contribution in [2.45, 2.75) is 6.92 Å². The highest BCUT2D eigenvalue weighted by Crippen LogP contribution is 2.27. The normalized spacial score (nSPS) is 10.8. The summed E-state index contributed by atoms with van der Waals surface area (Å²) in [5, 5.41) is 0. The Kier molecular flexibility index (Phi) is 4.25. The van der Waals surface area contributed by atoms with Gasteiger partial charge in [0.2, 0.25) is 0 Å². The van der Waals surface area contributed by atoms with Crippen LogP contribution in [0.5, 0.6) is 11.5 Å². The van der Waals surface area contributed by atoms with Crippen LogP contribution >= 0.6 is 0 Å². The molecule has 0 saturated heterocycles. The minimum absolute atomic E-state index is 0.0902. The van der Waals surface area contributed by atoms with Gasteiger partial charge in [0.1, 0.15) is 11.5 Å². The molecule has 0 unspecified atom stereocenters. The first-order chi connectivity index (χ1) is 9.56. The van der Waals surface area contributed by atoms with Crippen molar-refractivity contribution in [1.29, 1.82) is 0 Å². The first kappa shape index (κ1) is 13.9. The van der Waals surface area contributed by atoms with Crippen molar-refractivity contribution in [3.63, 3.8) is 0 Å². The van der Waals surface area contributed by atoms with Crippen LogP contribution in [0.2, 0.25) is 0 Å². The predicted molar refractivity (Wildman–Crippen MR) is 72.6 cm³/mol. The number of ketones is 1. The third-order valence-corrected chi connectivity index (χ3v) is 2.54. The summed E-state index contributed by atoms with van der Waals surface area (Å²) in [6.45, 7) is 1.44. The molecule has 0 spiro atoms. The summed E-state index contributed by atoms with van der Waals surface area (Å²) in [5.74, 6) is -1.35. The van der Waals surface area contributed by atoms with E-state index in [4.69, 9.17) is 4.74 Å². The fourth-order valence-corrected chi connectivity index (χ4v) is 1.59. The second kappa shape index (κ2) is 6.10. The zero-order valence-corrected chi connectivity index (χ0v) is 10.8. The molecule has 0 atom stereocenters. The highest BCUT2D eigenvalue weighted by Gasteiger charge is 2.06. The maximum absolute atomic E-state index is 13.1. The number of rotatable bonds is 4. The Labute approximate surface area is 115 Å². The van der Waals surface area contributed by atoms with E-state index in [2.05, 4.69) is 0 Å². The molecule has 0 saturated carbocycles. The summed E-state index contributed by atoms with van der Waals surface area (Å²) in [6.07, 6.45) is 3.02. The fourth-order valence-electron chi connectivity index (χ4n) is 1.59. The molecule has 2 aromatic rings. The molecule has 0 heterocycles. The second-order valence-corrected chi connectivity index (χ2v) is 4.16. The van der Waals surface area contributed by atoms with Gasteiger partial charge < -0.3 is 4.74 Å². The summed E-state index contributed by atoms with van der Waals surface area (Å²) in [6, 6.07) is 10.3. The molecule has 20 heavy (non-hydrogen) atoms. The third kappa shape index (κ3) is 3.51. The van der Waals surface area contributed by atoms with Crippen LogP contribution in [0.25, 0.3) is 6.08 Å². The number of allylic oxidation sites excluding steroid dienone is 1. The van der Waals surface area contributed by atoms with Crippen LogP contribution in [0.15, 0.2) is 48.5 Å². The molecule has 2 nitrogen and oxygen atoms in total. The minimum atomic E-state index is -0.973. The molecule has 0 aliphatic carbocycles. The maximum atomic E-state index is 13.1. The van der Waals surface area contributed by atoms with Gasteiger partial charge in [0, 0.05) is 11.6 Å². The zero-order valence-electron chi connectivity index (χ0n) is 10.8. The number of halogens is 2. The largest absolute Gasteiger partial charge is 0.457 e. The molecule has 2 aromatic carbocycles.